The average molecular weight is 255 g/mol. The number of amides is 1. The molecule has 0 aromatic carbocycles. The maximum Gasteiger partial charge on any atom is 0.224 e. The lowest BCUT2D eigenvalue weighted by molar-refractivity contribution is -0.136. The number of piperidine rings is 1. The molecule has 1 unspecified atom stereocenters. The smallest absolute Gasteiger partial charge is 0.224 e. The monoisotopic (exact) mass is 255 g/mol. The third-order valence-electron chi connectivity index (χ3n) is 3.36. The van der Waals surface area contributed by atoms with Gasteiger partial charge in [0.1, 0.15) is 5.78 Å². The van der Waals surface area contributed by atoms with Gasteiger partial charge in [-0.2, -0.15) is 0 Å². The molecule has 1 heterocycles. The standard InChI is InChI=1S/C14H25NO3/c1-11(2)9-13(16)12-5-4-7-15(10-12)14(17)6-8-18-3/h11-12H,4-10H2,1-3H3. The lowest BCUT2D eigenvalue weighted by Gasteiger charge is -2.32. The van der Waals surface area contributed by atoms with Crippen LogP contribution in [0.3, 0.4) is 0 Å². The lowest BCUT2D eigenvalue weighted by Crippen LogP contribution is -2.42. The molecule has 0 radical (unpaired) electrons. The van der Waals surface area contributed by atoms with Crippen LogP contribution in [0, 0.1) is 11.8 Å². The zero-order valence-corrected chi connectivity index (χ0v) is 11.8. The summed E-state index contributed by atoms with van der Waals surface area (Å²) in [5.74, 6) is 0.873. The number of hydrogen-bond acceptors (Lipinski definition) is 3. The summed E-state index contributed by atoms with van der Waals surface area (Å²) in [4.78, 5) is 25.7. The molecule has 1 rings (SSSR count). The molecule has 0 aromatic heterocycles. The van der Waals surface area contributed by atoms with Crippen LogP contribution in [0.15, 0.2) is 0 Å². The number of methoxy groups -OCH3 is 1. The topological polar surface area (TPSA) is 46.6 Å². The van der Waals surface area contributed by atoms with Gasteiger partial charge in [-0.1, -0.05) is 13.8 Å². The Labute approximate surface area is 110 Å². The molecule has 4 heteroatoms. The van der Waals surface area contributed by atoms with Gasteiger partial charge in [-0.3, -0.25) is 9.59 Å². The Hall–Kier alpha value is -0.900. The quantitative estimate of drug-likeness (QED) is 0.728. The Morgan fingerprint density at radius 3 is 2.72 bits per heavy atom. The molecule has 18 heavy (non-hydrogen) atoms. The molecule has 0 spiro atoms. The van der Waals surface area contributed by atoms with Crippen LogP contribution in [0.2, 0.25) is 0 Å². The van der Waals surface area contributed by atoms with E-state index in [2.05, 4.69) is 13.8 Å². The summed E-state index contributed by atoms with van der Waals surface area (Å²) in [6.45, 7) is 5.96. The molecule has 1 amide bonds. The Morgan fingerprint density at radius 2 is 2.11 bits per heavy atom. The van der Waals surface area contributed by atoms with Crippen molar-refractivity contribution in [3.63, 3.8) is 0 Å². The van der Waals surface area contributed by atoms with Crippen LogP contribution >= 0.6 is 0 Å². The van der Waals surface area contributed by atoms with E-state index in [9.17, 15) is 9.59 Å². The number of Topliss-reactive ketones (excluding diaryl/α,β-unsaturated/α-hetero) is 1. The second kappa shape index (κ2) is 7.52. The second-order valence-electron chi connectivity index (χ2n) is 5.49. The predicted octanol–water partition coefficient (Wildman–Crippen LogP) is 1.88. The Kier molecular flexibility index (Phi) is 6.33. The first-order valence-corrected chi connectivity index (χ1v) is 6.84. The fourth-order valence-corrected chi connectivity index (χ4v) is 2.38. The van der Waals surface area contributed by atoms with Crippen molar-refractivity contribution in [1.82, 2.24) is 4.90 Å². The van der Waals surface area contributed by atoms with Crippen molar-refractivity contribution in [3.8, 4) is 0 Å². The number of ether oxygens (including phenoxy) is 1. The van der Waals surface area contributed by atoms with Crippen LogP contribution in [-0.4, -0.2) is 43.4 Å². The van der Waals surface area contributed by atoms with Crippen molar-refractivity contribution in [2.75, 3.05) is 26.8 Å². The number of rotatable bonds is 6. The van der Waals surface area contributed by atoms with Crippen molar-refractivity contribution in [1.29, 1.82) is 0 Å². The highest BCUT2D eigenvalue weighted by atomic mass is 16.5. The maximum absolute atomic E-state index is 12.0. The molecule has 1 saturated heterocycles. The van der Waals surface area contributed by atoms with Crippen LogP contribution in [0.25, 0.3) is 0 Å². The summed E-state index contributed by atoms with van der Waals surface area (Å²) in [7, 11) is 1.60. The first-order chi connectivity index (χ1) is 8.54. The van der Waals surface area contributed by atoms with Gasteiger partial charge < -0.3 is 9.64 Å². The van der Waals surface area contributed by atoms with Gasteiger partial charge in [0, 0.05) is 32.5 Å². The van der Waals surface area contributed by atoms with E-state index < -0.39 is 0 Å². The summed E-state index contributed by atoms with van der Waals surface area (Å²) in [6.07, 6.45) is 2.92. The molecular weight excluding hydrogens is 230 g/mol. The molecule has 1 aliphatic rings. The molecule has 1 aliphatic heterocycles. The van der Waals surface area contributed by atoms with Gasteiger partial charge in [-0.05, 0) is 18.8 Å². The summed E-state index contributed by atoms with van der Waals surface area (Å²) in [5.41, 5.74) is 0. The molecule has 104 valence electrons. The van der Waals surface area contributed by atoms with E-state index in [1.807, 2.05) is 4.90 Å². The SMILES string of the molecule is COCCC(=O)N1CCCC(C(=O)CC(C)C)C1. The van der Waals surface area contributed by atoms with Crippen molar-refractivity contribution in [3.05, 3.63) is 0 Å². The summed E-state index contributed by atoms with van der Waals surface area (Å²) in [5, 5.41) is 0. The van der Waals surface area contributed by atoms with Gasteiger partial charge in [-0.25, -0.2) is 0 Å². The van der Waals surface area contributed by atoms with Gasteiger partial charge in [0.25, 0.3) is 0 Å². The minimum Gasteiger partial charge on any atom is -0.384 e. The van der Waals surface area contributed by atoms with Gasteiger partial charge in [-0.15, -0.1) is 0 Å². The molecule has 1 atom stereocenters. The van der Waals surface area contributed by atoms with E-state index in [1.54, 1.807) is 7.11 Å². The van der Waals surface area contributed by atoms with Crippen LogP contribution < -0.4 is 0 Å². The second-order valence-corrected chi connectivity index (χ2v) is 5.49. The molecule has 0 N–H and O–H groups in total. The third-order valence-corrected chi connectivity index (χ3v) is 3.36. The van der Waals surface area contributed by atoms with Crippen molar-refractivity contribution < 1.29 is 14.3 Å². The zero-order valence-electron chi connectivity index (χ0n) is 11.8. The molecular formula is C14H25NO3. The maximum atomic E-state index is 12.0. The van der Waals surface area contributed by atoms with E-state index in [0.717, 1.165) is 19.4 Å². The zero-order chi connectivity index (χ0) is 13.5. The van der Waals surface area contributed by atoms with Gasteiger partial charge in [0.15, 0.2) is 0 Å². The minimum atomic E-state index is 0.0487. The van der Waals surface area contributed by atoms with Gasteiger partial charge >= 0.3 is 0 Å². The number of nitrogens with zero attached hydrogens (tertiary/aromatic N) is 1. The highest BCUT2D eigenvalue weighted by Gasteiger charge is 2.28. The Bertz CT molecular complexity index is 289. The first-order valence-electron chi connectivity index (χ1n) is 6.84. The van der Waals surface area contributed by atoms with E-state index in [-0.39, 0.29) is 11.8 Å². The molecule has 0 saturated carbocycles. The highest BCUT2D eigenvalue weighted by Crippen LogP contribution is 2.20. The largest absolute Gasteiger partial charge is 0.384 e. The van der Waals surface area contributed by atoms with E-state index >= 15 is 0 Å². The number of carbonyl (C=O) groups excluding carboxylic acids is 2. The number of carbonyl (C=O) groups is 2. The van der Waals surface area contributed by atoms with Crippen LogP contribution in [0.4, 0.5) is 0 Å². The number of likely N-dealkylation sites (tertiary alicyclic amines) is 1. The van der Waals surface area contributed by atoms with Crippen LogP contribution in [0.5, 0.6) is 0 Å². The Balaban J connectivity index is 2.45. The van der Waals surface area contributed by atoms with E-state index in [0.29, 0.717) is 37.7 Å². The minimum absolute atomic E-state index is 0.0487. The summed E-state index contributed by atoms with van der Waals surface area (Å²) >= 11 is 0. The third kappa shape index (κ3) is 4.77. The number of hydrogen-bond donors (Lipinski definition) is 0. The van der Waals surface area contributed by atoms with Gasteiger partial charge in [0.2, 0.25) is 5.91 Å². The van der Waals surface area contributed by atoms with Crippen LogP contribution in [-0.2, 0) is 14.3 Å². The molecule has 1 fully saturated rings. The summed E-state index contributed by atoms with van der Waals surface area (Å²) < 4.78 is 4.92. The molecule has 0 aliphatic carbocycles. The molecule has 0 aromatic rings. The predicted molar refractivity (Wildman–Crippen MR) is 70.3 cm³/mol. The summed E-state index contributed by atoms with van der Waals surface area (Å²) in [6, 6.07) is 0. The normalized spacial score (nSPS) is 20.2. The fourth-order valence-electron chi connectivity index (χ4n) is 2.38. The Morgan fingerprint density at radius 1 is 1.39 bits per heavy atom. The molecule has 0 bridgehead atoms. The van der Waals surface area contributed by atoms with Crippen molar-refractivity contribution in [2.24, 2.45) is 11.8 Å². The molecule has 4 nitrogen and oxygen atoms in total. The van der Waals surface area contributed by atoms with Crippen LogP contribution in [0.1, 0.15) is 39.5 Å². The van der Waals surface area contributed by atoms with E-state index in [1.165, 1.54) is 0 Å². The van der Waals surface area contributed by atoms with Crippen molar-refractivity contribution in [2.45, 2.75) is 39.5 Å². The fraction of sp³-hybridized carbons (Fsp3) is 0.857. The first kappa shape index (κ1) is 15.2. The average Bonchev–Trinajstić information content (AvgIpc) is 2.35. The van der Waals surface area contributed by atoms with Crippen molar-refractivity contribution >= 4 is 11.7 Å². The van der Waals surface area contributed by atoms with E-state index in [4.69, 9.17) is 4.74 Å². The highest BCUT2D eigenvalue weighted by molar-refractivity contribution is 5.83. The van der Waals surface area contributed by atoms with Gasteiger partial charge in [0.05, 0.1) is 13.0 Å². The number of ketones is 1. The lowest BCUT2D eigenvalue weighted by atomic mass is 9.89.